The molecule has 0 atom stereocenters. The van der Waals surface area contributed by atoms with Gasteiger partial charge >= 0.3 is 0 Å². The summed E-state index contributed by atoms with van der Waals surface area (Å²) in [5.74, 6) is 0.874. The van der Waals surface area contributed by atoms with E-state index in [9.17, 15) is 0 Å². The summed E-state index contributed by atoms with van der Waals surface area (Å²) in [6.45, 7) is 9.29. The van der Waals surface area contributed by atoms with Gasteiger partial charge in [-0.05, 0) is 56.0 Å². The monoisotopic (exact) mass is 393 g/mol. The van der Waals surface area contributed by atoms with Crippen LogP contribution in [0.4, 0.5) is 5.13 Å². The van der Waals surface area contributed by atoms with Crippen molar-refractivity contribution in [1.82, 2.24) is 4.98 Å². The van der Waals surface area contributed by atoms with Crippen LogP contribution in [0.3, 0.4) is 0 Å². The van der Waals surface area contributed by atoms with Crippen molar-refractivity contribution in [3.63, 3.8) is 0 Å². The van der Waals surface area contributed by atoms with Crippen molar-refractivity contribution in [2.75, 3.05) is 12.0 Å². The number of benzene rings is 2. The number of rotatable bonds is 8. The average Bonchev–Trinajstić information content (AvgIpc) is 3.10. The third kappa shape index (κ3) is 5.20. The predicted molar refractivity (Wildman–Crippen MR) is 120 cm³/mol. The molecule has 4 nitrogen and oxygen atoms in total. The van der Waals surface area contributed by atoms with Crippen LogP contribution in [0.5, 0.6) is 5.75 Å². The van der Waals surface area contributed by atoms with E-state index in [2.05, 4.69) is 55.7 Å². The van der Waals surface area contributed by atoms with Gasteiger partial charge in [0.05, 0.1) is 18.5 Å². The van der Waals surface area contributed by atoms with Gasteiger partial charge in [0.1, 0.15) is 5.75 Å². The molecule has 146 valence electrons. The number of ether oxygens (including phenoxy) is 1. The van der Waals surface area contributed by atoms with Gasteiger partial charge in [0.2, 0.25) is 5.13 Å². The Bertz CT molecular complexity index is 939. The number of unbranched alkanes of at least 4 members (excludes halogenated alkanes) is 1. The van der Waals surface area contributed by atoms with Gasteiger partial charge in [-0.3, -0.25) is 5.43 Å². The average molecular weight is 394 g/mol. The Kier molecular flexibility index (Phi) is 6.82. The van der Waals surface area contributed by atoms with E-state index in [0.29, 0.717) is 0 Å². The van der Waals surface area contributed by atoms with E-state index >= 15 is 0 Å². The van der Waals surface area contributed by atoms with Gasteiger partial charge in [-0.2, -0.15) is 5.10 Å². The van der Waals surface area contributed by atoms with Crippen molar-refractivity contribution in [2.45, 2.75) is 40.5 Å². The lowest BCUT2D eigenvalue weighted by atomic mass is 9.98. The van der Waals surface area contributed by atoms with Crippen LogP contribution < -0.4 is 10.2 Å². The smallest absolute Gasteiger partial charge is 0.203 e. The zero-order chi connectivity index (χ0) is 19.9. The molecule has 1 heterocycles. The van der Waals surface area contributed by atoms with E-state index in [1.807, 2.05) is 24.3 Å². The van der Waals surface area contributed by atoms with Crippen LogP contribution in [-0.4, -0.2) is 17.8 Å². The maximum atomic E-state index is 5.74. The van der Waals surface area contributed by atoms with E-state index in [4.69, 9.17) is 9.72 Å². The number of aromatic nitrogens is 1. The number of aryl methyl sites for hydroxylation is 3. The van der Waals surface area contributed by atoms with Crippen LogP contribution in [0.25, 0.3) is 11.3 Å². The molecule has 5 heteroatoms. The quantitative estimate of drug-likeness (QED) is 0.275. The Labute approximate surface area is 171 Å². The Morgan fingerprint density at radius 1 is 1.14 bits per heavy atom. The molecule has 0 aliphatic rings. The molecule has 0 fully saturated rings. The summed E-state index contributed by atoms with van der Waals surface area (Å²) in [5, 5.41) is 7.19. The summed E-state index contributed by atoms with van der Waals surface area (Å²) in [7, 11) is 0. The Hall–Kier alpha value is -2.66. The molecule has 3 aromatic rings. The number of nitrogens with zero attached hydrogens (tertiary/aromatic N) is 2. The van der Waals surface area contributed by atoms with Crippen molar-refractivity contribution >= 4 is 22.7 Å². The van der Waals surface area contributed by atoms with Crippen molar-refractivity contribution < 1.29 is 4.74 Å². The number of hydrogen-bond acceptors (Lipinski definition) is 5. The molecule has 0 radical (unpaired) electrons. The maximum absolute atomic E-state index is 5.74. The van der Waals surface area contributed by atoms with Gasteiger partial charge in [-0.25, -0.2) is 4.98 Å². The zero-order valence-corrected chi connectivity index (χ0v) is 17.8. The lowest BCUT2D eigenvalue weighted by Crippen LogP contribution is -1.97. The summed E-state index contributed by atoms with van der Waals surface area (Å²) < 4.78 is 5.74. The fourth-order valence-electron chi connectivity index (χ4n) is 3.20. The van der Waals surface area contributed by atoms with Crippen molar-refractivity contribution in [3.8, 4) is 17.0 Å². The van der Waals surface area contributed by atoms with Gasteiger partial charge in [-0.15, -0.1) is 11.3 Å². The van der Waals surface area contributed by atoms with Crippen LogP contribution >= 0.6 is 11.3 Å². The van der Waals surface area contributed by atoms with E-state index in [-0.39, 0.29) is 0 Å². The van der Waals surface area contributed by atoms with Crippen LogP contribution in [0.15, 0.2) is 46.9 Å². The molecule has 0 spiro atoms. The molecule has 1 aromatic heterocycles. The molecule has 3 rings (SSSR count). The minimum atomic E-state index is 0.745. The normalized spacial score (nSPS) is 11.1. The van der Waals surface area contributed by atoms with E-state index < -0.39 is 0 Å². The van der Waals surface area contributed by atoms with E-state index in [1.54, 1.807) is 17.6 Å². The minimum Gasteiger partial charge on any atom is -0.494 e. The van der Waals surface area contributed by atoms with Gasteiger partial charge in [0.15, 0.2) is 0 Å². The van der Waals surface area contributed by atoms with Crippen LogP contribution in [0.2, 0.25) is 0 Å². The number of hydrogen-bond donors (Lipinski definition) is 1. The number of hydrazone groups is 1. The van der Waals surface area contributed by atoms with Crippen molar-refractivity contribution in [2.24, 2.45) is 5.10 Å². The molecule has 0 aliphatic heterocycles. The second-order valence-electron chi connectivity index (χ2n) is 6.96. The lowest BCUT2D eigenvalue weighted by molar-refractivity contribution is 0.309. The Morgan fingerprint density at radius 2 is 1.93 bits per heavy atom. The molecule has 0 saturated carbocycles. The fourth-order valence-corrected chi connectivity index (χ4v) is 3.86. The number of thiazole rings is 1. The molecule has 0 unspecified atom stereocenters. The highest BCUT2D eigenvalue weighted by molar-refractivity contribution is 7.14. The molecule has 0 aliphatic carbocycles. The van der Waals surface area contributed by atoms with E-state index in [1.165, 1.54) is 22.3 Å². The second kappa shape index (κ2) is 9.51. The maximum Gasteiger partial charge on any atom is 0.203 e. The number of anilines is 1. The van der Waals surface area contributed by atoms with Gasteiger partial charge in [-0.1, -0.05) is 43.2 Å². The summed E-state index contributed by atoms with van der Waals surface area (Å²) in [6.07, 6.45) is 3.98. The highest BCUT2D eigenvalue weighted by atomic mass is 32.1. The van der Waals surface area contributed by atoms with Crippen molar-refractivity contribution in [3.05, 3.63) is 64.0 Å². The molecule has 0 amide bonds. The summed E-state index contributed by atoms with van der Waals surface area (Å²) in [4.78, 5) is 4.70. The molecule has 1 N–H and O–H groups in total. The topological polar surface area (TPSA) is 46.5 Å². The minimum absolute atomic E-state index is 0.745. The van der Waals surface area contributed by atoms with Crippen LogP contribution in [0, 0.1) is 20.8 Å². The van der Waals surface area contributed by atoms with E-state index in [0.717, 1.165) is 41.6 Å². The zero-order valence-electron chi connectivity index (χ0n) is 17.0. The first-order valence-electron chi connectivity index (χ1n) is 9.62. The Balaban J connectivity index is 1.66. The molecule has 2 aromatic carbocycles. The first-order valence-corrected chi connectivity index (χ1v) is 10.5. The largest absolute Gasteiger partial charge is 0.494 e. The Morgan fingerprint density at radius 3 is 2.68 bits per heavy atom. The SMILES string of the molecule is CCCCOc1cccc(/C=N\Nc2nc(-c3c(C)cc(C)cc3C)cs2)c1. The highest BCUT2D eigenvalue weighted by Crippen LogP contribution is 2.31. The molecule has 28 heavy (non-hydrogen) atoms. The van der Waals surface area contributed by atoms with Crippen LogP contribution in [0.1, 0.15) is 42.0 Å². The third-order valence-electron chi connectivity index (χ3n) is 4.44. The van der Waals surface area contributed by atoms with Gasteiger partial charge < -0.3 is 4.74 Å². The number of nitrogens with one attached hydrogen (secondary N) is 1. The fraction of sp³-hybridized carbons (Fsp3) is 0.304. The van der Waals surface area contributed by atoms with Gasteiger partial charge in [0.25, 0.3) is 0 Å². The van der Waals surface area contributed by atoms with Crippen LogP contribution in [-0.2, 0) is 0 Å². The lowest BCUT2D eigenvalue weighted by Gasteiger charge is -2.08. The van der Waals surface area contributed by atoms with Gasteiger partial charge in [0, 0.05) is 10.9 Å². The molecular weight excluding hydrogens is 366 g/mol. The second-order valence-corrected chi connectivity index (χ2v) is 7.81. The summed E-state index contributed by atoms with van der Waals surface area (Å²) in [5.41, 5.74) is 10.00. The molecule has 0 saturated heterocycles. The predicted octanol–water partition coefficient (Wildman–Crippen LogP) is 6.36. The summed E-state index contributed by atoms with van der Waals surface area (Å²) >= 11 is 1.56. The first-order chi connectivity index (χ1) is 13.6. The third-order valence-corrected chi connectivity index (χ3v) is 5.18. The first kappa shape index (κ1) is 20.1. The molecule has 0 bridgehead atoms. The van der Waals surface area contributed by atoms with Crippen molar-refractivity contribution in [1.29, 1.82) is 0 Å². The highest BCUT2D eigenvalue weighted by Gasteiger charge is 2.10. The molecular formula is C23H27N3OS. The summed E-state index contributed by atoms with van der Waals surface area (Å²) in [6, 6.07) is 12.3. The standard InChI is InChI=1S/C23H27N3OS/c1-5-6-10-27-20-9-7-8-19(13-20)14-24-26-23-25-21(15-28-23)22-17(3)11-16(2)12-18(22)4/h7-9,11-15H,5-6,10H2,1-4H3,(H,25,26)/b24-14-.